The van der Waals surface area contributed by atoms with Crippen molar-refractivity contribution in [1.82, 2.24) is 0 Å². The first-order valence-electron chi connectivity index (χ1n) is 5.66. The molecule has 0 spiro atoms. The largest absolute Gasteiger partial charge is 0.503 e. The van der Waals surface area contributed by atoms with E-state index >= 15 is 0 Å². The summed E-state index contributed by atoms with van der Waals surface area (Å²) in [5, 5.41) is 14.6. The van der Waals surface area contributed by atoms with Crippen LogP contribution in [0.5, 0.6) is 5.75 Å². The molecule has 6 nitrogen and oxygen atoms in total. The first-order chi connectivity index (χ1) is 9.17. The Kier molecular flexibility index (Phi) is 4.03. The minimum atomic E-state index is -3.69. The average molecular weight is 367 g/mol. The minimum Gasteiger partial charge on any atom is -0.503 e. The molecule has 1 saturated heterocycles. The third kappa shape index (κ3) is 3.28. The number of nitrogens with zero attached hydrogens (tertiary/aromatic N) is 1. The molecule has 0 saturated carbocycles. The fraction of sp³-hybridized carbons (Fsp3) is 0.364. The van der Waals surface area contributed by atoms with Gasteiger partial charge in [0.25, 0.3) is 0 Å². The number of halogens is 2. The second-order valence-corrected chi connectivity index (χ2v) is 7.23. The number of aromatic hydroxyl groups is 1. The van der Waals surface area contributed by atoms with Gasteiger partial charge in [0, 0.05) is 23.4 Å². The molecule has 2 rings (SSSR count). The van der Waals surface area contributed by atoms with E-state index in [2.05, 4.69) is 15.9 Å². The van der Waals surface area contributed by atoms with Gasteiger partial charge in [0.2, 0.25) is 15.9 Å². The van der Waals surface area contributed by atoms with Crippen LogP contribution in [0, 0.1) is 11.7 Å². The van der Waals surface area contributed by atoms with E-state index in [4.69, 9.17) is 5.14 Å². The van der Waals surface area contributed by atoms with Crippen LogP contribution in [0.25, 0.3) is 0 Å². The molecule has 1 aromatic carbocycles. The highest BCUT2D eigenvalue weighted by atomic mass is 79.9. The summed E-state index contributed by atoms with van der Waals surface area (Å²) in [6.07, 6.45) is -0.00992. The summed E-state index contributed by atoms with van der Waals surface area (Å²) >= 11 is 3.07. The molecule has 1 atom stereocenters. The second-order valence-electron chi connectivity index (χ2n) is 4.66. The van der Waals surface area contributed by atoms with Gasteiger partial charge in [-0.15, -0.1) is 0 Å². The Balaban J connectivity index is 2.29. The van der Waals surface area contributed by atoms with Crippen LogP contribution in [0.2, 0.25) is 0 Å². The molecule has 1 fully saturated rings. The molecule has 0 radical (unpaired) electrons. The van der Waals surface area contributed by atoms with Gasteiger partial charge < -0.3 is 10.0 Å². The van der Waals surface area contributed by atoms with Crippen molar-refractivity contribution in [2.75, 3.05) is 17.2 Å². The van der Waals surface area contributed by atoms with Crippen LogP contribution >= 0.6 is 15.9 Å². The molecule has 9 heteroatoms. The van der Waals surface area contributed by atoms with Crippen LogP contribution in [0.15, 0.2) is 16.6 Å². The van der Waals surface area contributed by atoms with E-state index in [0.29, 0.717) is 4.47 Å². The molecule has 1 aliphatic heterocycles. The van der Waals surface area contributed by atoms with Crippen LogP contribution < -0.4 is 10.0 Å². The lowest BCUT2D eigenvalue weighted by Gasteiger charge is -2.18. The highest BCUT2D eigenvalue weighted by Gasteiger charge is 2.34. The maximum Gasteiger partial charge on any atom is 0.227 e. The molecule has 0 bridgehead atoms. The minimum absolute atomic E-state index is 0.00992. The van der Waals surface area contributed by atoms with Crippen molar-refractivity contribution in [3.63, 3.8) is 0 Å². The number of hydrogen-bond donors (Lipinski definition) is 2. The molecule has 20 heavy (non-hydrogen) atoms. The number of rotatable bonds is 3. The van der Waals surface area contributed by atoms with Crippen molar-refractivity contribution in [1.29, 1.82) is 0 Å². The Morgan fingerprint density at radius 1 is 1.50 bits per heavy atom. The second kappa shape index (κ2) is 5.30. The first-order valence-corrected chi connectivity index (χ1v) is 8.17. The summed E-state index contributed by atoms with van der Waals surface area (Å²) in [5.74, 6) is -2.69. The van der Waals surface area contributed by atoms with Gasteiger partial charge in [-0.2, -0.15) is 0 Å². The quantitative estimate of drug-likeness (QED) is 0.830. The number of hydrogen-bond acceptors (Lipinski definition) is 4. The highest BCUT2D eigenvalue weighted by molar-refractivity contribution is 9.10. The van der Waals surface area contributed by atoms with E-state index in [1.54, 1.807) is 0 Å². The number of nitrogens with two attached hydrogens (primary N) is 1. The Hall–Kier alpha value is -1.19. The Morgan fingerprint density at radius 3 is 2.75 bits per heavy atom. The van der Waals surface area contributed by atoms with Gasteiger partial charge in [0.1, 0.15) is 0 Å². The molecule has 3 N–H and O–H groups in total. The van der Waals surface area contributed by atoms with E-state index in [9.17, 15) is 22.7 Å². The van der Waals surface area contributed by atoms with E-state index in [1.807, 2.05) is 0 Å². The van der Waals surface area contributed by atoms with Gasteiger partial charge in [-0.1, -0.05) is 15.9 Å². The zero-order valence-electron chi connectivity index (χ0n) is 10.2. The smallest absolute Gasteiger partial charge is 0.227 e. The predicted molar refractivity (Wildman–Crippen MR) is 74.2 cm³/mol. The molecular weight excluding hydrogens is 355 g/mol. The van der Waals surface area contributed by atoms with Gasteiger partial charge in [-0.3, -0.25) is 4.79 Å². The summed E-state index contributed by atoms with van der Waals surface area (Å²) in [5.41, 5.74) is 0.0128. The number of anilines is 1. The first kappa shape index (κ1) is 15.2. The number of phenolic OH excluding ortho intramolecular Hbond substituents is 1. The summed E-state index contributed by atoms with van der Waals surface area (Å²) < 4.78 is 35.9. The lowest BCUT2D eigenvalue weighted by molar-refractivity contribution is -0.117. The molecule has 1 heterocycles. The number of sulfonamides is 1. The molecule has 0 aromatic heterocycles. The van der Waals surface area contributed by atoms with Gasteiger partial charge in [-0.25, -0.2) is 17.9 Å². The van der Waals surface area contributed by atoms with Crippen LogP contribution in [0.4, 0.5) is 10.1 Å². The number of phenols is 1. The summed E-state index contributed by atoms with van der Waals surface area (Å²) in [6, 6.07) is 2.47. The molecule has 0 aliphatic carbocycles. The zero-order valence-corrected chi connectivity index (χ0v) is 12.6. The highest BCUT2D eigenvalue weighted by Crippen LogP contribution is 2.36. The maximum absolute atomic E-state index is 13.5. The molecule has 1 amide bonds. The number of primary sulfonamides is 1. The maximum atomic E-state index is 13.5. The third-order valence-corrected chi connectivity index (χ3v) is 4.37. The lowest BCUT2D eigenvalue weighted by Crippen LogP contribution is -2.27. The van der Waals surface area contributed by atoms with Gasteiger partial charge in [0.05, 0.1) is 11.4 Å². The van der Waals surface area contributed by atoms with Crippen molar-refractivity contribution >= 4 is 37.5 Å². The van der Waals surface area contributed by atoms with Crippen LogP contribution in [-0.4, -0.2) is 31.7 Å². The van der Waals surface area contributed by atoms with E-state index in [0.717, 1.165) is 6.07 Å². The fourth-order valence-corrected chi connectivity index (χ4v) is 3.51. The normalized spacial score (nSPS) is 19.6. The summed E-state index contributed by atoms with van der Waals surface area (Å²) in [6.45, 7) is 0.0682. The van der Waals surface area contributed by atoms with Crippen LogP contribution in [0.1, 0.15) is 6.42 Å². The standard InChI is InChI=1S/C11H12BrFN2O4S/c12-7-2-8(13)11(17)9(3-7)15-4-6(1-10(15)16)5-20(14,18)19/h2-3,6,17H,1,4-5H2,(H2,14,18,19). The van der Waals surface area contributed by atoms with Crippen molar-refractivity contribution < 1.29 is 22.7 Å². The van der Waals surface area contributed by atoms with E-state index in [1.165, 1.54) is 11.0 Å². The average Bonchev–Trinajstić information content (AvgIpc) is 2.62. The monoisotopic (exact) mass is 366 g/mol. The summed E-state index contributed by atoms with van der Waals surface area (Å²) in [7, 11) is -3.69. The van der Waals surface area contributed by atoms with Gasteiger partial charge in [-0.05, 0) is 12.1 Å². The number of carbonyl (C=O) groups excluding carboxylic acids is 1. The molecule has 1 aromatic rings. The molecule has 1 unspecified atom stereocenters. The third-order valence-electron chi connectivity index (χ3n) is 2.97. The number of carbonyl (C=O) groups is 1. The SMILES string of the molecule is NS(=O)(=O)CC1CC(=O)N(c2cc(Br)cc(F)c2O)C1. The number of amides is 1. The molecule has 1 aliphatic rings. The van der Waals surface area contributed by atoms with Crippen molar-refractivity contribution in [2.24, 2.45) is 11.1 Å². The van der Waals surface area contributed by atoms with Crippen molar-refractivity contribution in [3.05, 3.63) is 22.4 Å². The topological polar surface area (TPSA) is 101 Å². The Bertz CT molecular complexity index is 665. The van der Waals surface area contributed by atoms with Crippen LogP contribution in [0.3, 0.4) is 0 Å². The summed E-state index contributed by atoms with van der Waals surface area (Å²) in [4.78, 5) is 13.1. The van der Waals surface area contributed by atoms with E-state index in [-0.39, 0.29) is 30.3 Å². The Morgan fingerprint density at radius 2 is 2.15 bits per heavy atom. The van der Waals surface area contributed by atoms with Gasteiger partial charge in [0.15, 0.2) is 11.6 Å². The Labute approximate surface area is 123 Å². The predicted octanol–water partition coefficient (Wildman–Crippen LogP) is 0.935. The molecular formula is C11H12BrFN2O4S. The zero-order chi connectivity index (χ0) is 15.1. The van der Waals surface area contributed by atoms with E-state index < -0.39 is 27.5 Å². The van der Waals surface area contributed by atoms with Crippen molar-refractivity contribution in [3.8, 4) is 5.75 Å². The van der Waals surface area contributed by atoms with Crippen molar-refractivity contribution in [2.45, 2.75) is 6.42 Å². The fourth-order valence-electron chi connectivity index (χ4n) is 2.21. The van der Waals surface area contributed by atoms with Crippen LogP contribution in [-0.2, 0) is 14.8 Å². The molecule has 110 valence electrons. The van der Waals surface area contributed by atoms with Gasteiger partial charge >= 0.3 is 0 Å². The lowest BCUT2D eigenvalue weighted by atomic mass is 10.1. The number of benzene rings is 1.